The lowest BCUT2D eigenvalue weighted by molar-refractivity contribution is 0.176. The number of hydrogen-bond acceptors (Lipinski definition) is 2. The van der Waals surface area contributed by atoms with Crippen molar-refractivity contribution in [3.05, 3.63) is 29.0 Å². The third kappa shape index (κ3) is 1.49. The van der Waals surface area contributed by atoms with Crippen molar-refractivity contribution in [2.24, 2.45) is 7.05 Å². The number of hydrogen-bond donors (Lipinski definition) is 0. The van der Waals surface area contributed by atoms with Crippen molar-refractivity contribution in [1.82, 2.24) is 9.55 Å². The second-order valence-electron chi connectivity index (χ2n) is 3.15. The second kappa shape index (κ2) is 3.59. The summed E-state index contributed by atoms with van der Waals surface area (Å²) >= 11 is 5.90. The standard InChI is InChI=1S/C10H11ClN2O/c1-13-9-5-7(11)3-4-8(9)12-10(13)6-14-2/h3-5H,6H2,1-2H3. The first kappa shape index (κ1) is 9.49. The van der Waals surface area contributed by atoms with Crippen molar-refractivity contribution in [2.75, 3.05) is 7.11 Å². The molecule has 0 amide bonds. The van der Waals surface area contributed by atoms with E-state index < -0.39 is 0 Å². The molecule has 1 heterocycles. The quantitative estimate of drug-likeness (QED) is 0.761. The Morgan fingerprint density at radius 3 is 3.00 bits per heavy atom. The first-order valence-electron chi connectivity index (χ1n) is 4.32. The van der Waals surface area contributed by atoms with Gasteiger partial charge in [-0.3, -0.25) is 0 Å². The van der Waals surface area contributed by atoms with Crippen molar-refractivity contribution in [1.29, 1.82) is 0 Å². The molecule has 0 saturated heterocycles. The van der Waals surface area contributed by atoms with E-state index >= 15 is 0 Å². The maximum absolute atomic E-state index is 5.90. The van der Waals surface area contributed by atoms with Crippen molar-refractivity contribution in [3.8, 4) is 0 Å². The van der Waals surface area contributed by atoms with E-state index in [9.17, 15) is 0 Å². The van der Waals surface area contributed by atoms with E-state index in [0.717, 1.165) is 21.9 Å². The average Bonchev–Trinajstić information content (AvgIpc) is 2.46. The van der Waals surface area contributed by atoms with Gasteiger partial charge in [0.1, 0.15) is 12.4 Å². The van der Waals surface area contributed by atoms with Gasteiger partial charge in [-0.2, -0.15) is 0 Å². The summed E-state index contributed by atoms with van der Waals surface area (Å²) in [6.07, 6.45) is 0. The number of aromatic nitrogens is 2. The zero-order chi connectivity index (χ0) is 10.1. The fourth-order valence-electron chi connectivity index (χ4n) is 1.47. The smallest absolute Gasteiger partial charge is 0.135 e. The van der Waals surface area contributed by atoms with Gasteiger partial charge in [0.15, 0.2) is 0 Å². The van der Waals surface area contributed by atoms with Crippen LogP contribution >= 0.6 is 11.6 Å². The van der Waals surface area contributed by atoms with Gasteiger partial charge in [0, 0.05) is 19.2 Å². The molecule has 0 unspecified atom stereocenters. The number of fused-ring (bicyclic) bond motifs is 1. The monoisotopic (exact) mass is 210 g/mol. The number of halogens is 1. The first-order chi connectivity index (χ1) is 6.72. The minimum absolute atomic E-state index is 0.517. The molecule has 4 heteroatoms. The number of imidazole rings is 1. The van der Waals surface area contributed by atoms with Gasteiger partial charge in [-0.25, -0.2) is 4.98 Å². The van der Waals surface area contributed by atoms with Crippen LogP contribution in [0.5, 0.6) is 0 Å². The summed E-state index contributed by atoms with van der Waals surface area (Å²) in [5, 5.41) is 0.726. The summed E-state index contributed by atoms with van der Waals surface area (Å²) in [4.78, 5) is 4.42. The van der Waals surface area contributed by atoms with Crippen molar-refractivity contribution >= 4 is 22.6 Å². The summed E-state index contributed by atoms with van der Waals surface area (Å²) in [5.41, 5.74) is 1.98. The highest BCUT2D eigenvalue weighted by atomic mass is 35.5. The Hall–Kier alpha value is -1.06. The second-order valence-corrected chi connectivity index (χ2v) is 3.59. The maximum Gasteiger partial charge on any atom is 0.135 e. The van der Waals surface area contributed by atoms with Crippen LogP contribution in [0.25, 0.3) is 11.0 Å². The van der Waals surface area contributed by atoms with Crippen molar-refractivity contribution in [3.63, 3.8) is 0 Å². The molecule has 1 aromatic heterocycles. The minimum atomic E-state index is 0.517. The van der Waals surface area contributed by atoms with Crippen LogP contribution < -0.4 is 0 Å². The van der Waals surface area contributed by atoms with Gasteiger partial charge in [-0.15, -0.1) is 0 Å². The summed E-state index contributed by atoms with van der Waals surface area (Å²) in [5.74, 6) is 0.907. The van der Waals surface area contributed by atoms with Gasteiger partial charge in [-0.1, -0.05) is 11.6 Å². The molecule has 0 N–H and O–H groups in total. The number of nitrogens with zero attached hydrogens (tertiary/aromatic N) is 2. The topological polar surface area (TPSA) is 27.1 Å². The van der Waals surface area contributed by atoms with Gasteiger partial charge in [0.25, 0.3) is 0 Å². The molecule has 74 valence electrons. The van der Waals surface area contributed by atoms with E-state index in [4.69, 9.17) is 16.3 Å². The Morgan fingerprint density at radius 2 is 2.29 bits per heavy atom. The Morgan fingerprint density at radius 1 is 1.50 bits per heavy atom. The lowest BCUT2D eigenvalue weighted by Gasteiger charge is -1.99. The molecule has 0 spiro atoms. The zero-order valence-corrected chi connectivity index (χ0v) is 8.88. The van der Waals surface area contributed by atoms with Crippen molar-refractivity contribution < 1.29 is 4.74 Å². The molecular weight excluding hydrogens is 200 g/mol. The summed E-state index contributed by atoms with van der Waals surface area (Å²) in [6, 6.07) is 5.66. The SMILES string of the molecule is COCc1nc2ccc(Cl)cc2n1C. The number of methoxy groups -OCH3 is 1. The highest BCUT2D eigenvalue weighted by molar-refractivity contribution is 6.31. The molecule has 3 nitrogen and oxygen atoms in total. The molecule has 0 saturated carbocycles. The molecule has 0 bridgehead atoms. The normalized spacial score (nSPS) is 11.1. The molecule has 1 aromatic carbocycles. The van der Waals surface area contributed by atoms with E-state index in [2.05, 4.69) is 4.98 Å². The van der Waals surface area contributed by atoms with Crippen LogP contribution in [-0.4, -0.2) is 16.7 Å². The summed E-state index contributed by atoms with van der Waals surface area (Å²) in [6.45, 7) is 0.517. The van der Waals surface area contributed by atoms with Crippen LogP contribution in [0.2, 0.25) is 5.02 Å². The highest BCUT2D eigenvalue weighted by Crippen LogP contribution is 2.19. The van der Waals surface area contributed by atoms with Gasteiger partial charge in [0.2, 0.25) is 0 Å². The average molecular weight is 211 g/mol. The van der Waals surface area contributed by atoms with E-state index in [1.54, 1.807) is 7.11 Å². The lowest BCUT2D eigenvalue weighted by Crippen LogP contribution is -1.98. The largest absolute Gasteiger partial charge is 0.377 e. The maximum atomic E-state index is 5.90. The van der Waals surface area contributed by atoms with E-state index in [1.165, 1.54) is 0 Å². The number of ether oxygens (including phenoxy) is 1. The van der Waals surface area contributed by atoms with Crippen LogP contribution in [-0.2, 0) is 18.4 Å². The first-order valence-corrected chi connectivity index (χ1v) is 4.70. The summed E-state index contributed by atoms with van der Waals surface area (Å²) < 4.78 is 7.04. The number of rotatable bonds is 2. The Bertz CT molecular complexity index is 464. The van der Waals surface area contributed by atoms with Crippen LogP contribution in [0.15, 0.2) is 18.2 Å². The lowest BCUT2D eigenvalue weighted by atomic mass is 10.3. The van der Waals surface area contributed by atoms with Gasteiger partial charge < -0.3 is 9.30 Å². The fourth-order valence-corrected chi connectivity index (χ4v) is 1.64. The Kier molecular flexibility index (Phi) is 2.44. The molecule has 0 aliphatic heterocycles. The number of aryl methyl sites for hydroxylation is 1. The van der Waals surface area contributed by atoms with Gasteiger partial charge >= 0.3 is 0 Å². The molecule has 14 heavy (non-hydrogen) atoms. The number of benzene rings is 1. The van der Waals surface area contributed by atoms with E-state index in [0.29, 0.717) is 6.61 Å². The predicted molar refractivity (Wildman–Crippen MR) is 56.4 cm³/mol. The third-order valence-electron chi connectivity index (χ3n) is 2.21. The highest BCUT2D eigenvalue weighted by Gasteiger charge is 2.06. The van der Waals surface area contributed by atoms with E-state index in [1.807, 2.05) is 29.8 Å². The van der Waals surface area contributed by atoms with Crippen molar-refractivity contribution in [2.45, 2.75) is 6.61 Å². The Balaban J connectivity index is 2.62. The third-order valence-corrected chi connectivity index (χ3v) is 2.44. The molecule has 0 radical (unpaired) electrons. The minimum Gasteiger partial charge on any atom is -0.377 e. The summed E-state index contributed by atoms with van der Waals surface area (Å²) in [7, 11) is 3.62. The molecule has 0 atom stereocenters. The molecule has 0 aliphatic carbocycles. The Labute approximate surface area is 87.3 Å². The zero-order valence-electron chi connectivity index (χ0n) is 8.12. The molecule has 2 aromatic rings. The van der Waals surface area contributed by atoms with Crippen LogP contribution in [0.1, 0.15) is 5.82 Å². The predicted octanol–water partition coefficient (Wildman–Crippen LogP) is 2.37. The molecule has 0 fully saturated rings. The van der Waals surface area contributed by atoms with Crippen LogP contribution in [0, 0.1) is 0 Å². The molecule has 0 aliphatic rings. The van der Waals surface area contributed by atoms with Gasteiger partial charge in [0.05, 0.1) is 11.0 Å². The van der Waals surface area contributed by atoms with E-state index in [-0.39, 0.29) is 0 Å². The van der Waals surface area contributed by atoms with Gasteiger partial charge in [-0.05, 0) is 18.2 Å². The molecular formula is C10H11ClN2O. The fraction of sp³-hybridized carbons (Fsp3) is 0.300. The molecule has 2 rings (SSSR count). The van der Waals surface area contributed by atoms with Crippen LogP contribution in [0.4, 0.5) is 0 Å². The van der Waals surface area contributed by atoms with Crippen LogP contribution in [0.3, 0.4) is 0 Å².